The normalized spacial score (nSPS) is 10.7. The molecule has 0 bridgehead atoms. The molecule has 4 rings (SSSR count). The average molecular weight is 445 g/mol. The van der Waals surface area contributed by atoms with Crippen LogP contribution in [0.15, 0.2) is 96.7 Å². The van der Waals surface area contributed by atoms with Crippen molar-refractivity contribution in [3.63, 3.8) is 0 Å². The summed E-state index contributed by atoms with van der Waals surface area (Å²) in [6.45, 7) is 4.17. The SMILES string of the molecule is C=CCn1c(SCC(=O)Nc2ccccc2-c2ccccc2)nnc1-c1ccccc1F. The predicted molar refractivity (Wildman–Crippen MR) is 127 cm³/mol. The molecule has 4 aromatic rings. The van der Waals surface area contributed by atoms with Gasteiger partial charge in [0.25, 0.3) is 0 Å². The summed E-state index contributed by atoms with van der Waals surface area (Å²) in [7, 11) is 0. The maximum absolute atomic E-state index is 14.3. The van der Waals surface area contributed by atoms with Gasteiger partial charge in [-0.3, -0.25) is 9.36 Å². The Morgan fingerprint density at radius 1 is 0.969 bits per heavy atom. The van der Waals surface area contributed by atoms with Gasteiger partial charge in [-0.15, -0.1) is 16.8 Å². The Labute approximate surface area is 190 Å². The summed E-state index contributed by atoms with van der Waals surface area (Å²) in [5.41, 5.74) is 3.07. The van der Waals surface area contributed by atoms with Gasteiger partial charge in [-0.2, -0.15) is 0 Å². The number of nitrogens with one attached hydrogen (secondary N) is 1. The van der Waals surface area contributed by atoms with Gasteiger partial charge >= 0.3 is 0 Å². The summed E-state index contributed by atoms with van der Waals surface area (Å²) in [6.07, 6.45) is 1.69. The van der Waals surface area contributed by atoms with Crippen molar-refractivity contribution in [2.75, 3.05) is 11.1 Å². The number of hydrogen-bond acceptors (Lipinski definition) is 4. The molecule has 1 N–H and O–H groups in total. The monoisotopic (exact) mass is 444 g/mol. The van der Waals surface area contributed by atoms with Crippen molar-refractivity contribution in [3.05, 3.63) is 97.3 Å². The summed E-state index contributed by atoms with van der Waals surface area (Å²) >= 11 is 1.24. The highest BCUT2D eigenvalue weighted by Crippen LogP contribution is 2.29. The summed E-state index contributed by atoms with van der Waals surface area (Å²) in [5.74, 6) is -0.00769. The van der Waals surface area contributed by atoms with Gasteiger partial charge in [-0.25, -0.2) is 4.39 Å². The molecule has 0 atom stereocenters. The van der Waals surface area contributed by atoms with E-state index < -0.39 is 0 Å². The van der Waals surface area contributed by atoms with Crippen LogP contribution < -0.4 is 5.32 Å². The highest BCUT2D eigenvalue weighted by Gasteiger charge is 2.17. The number of carbonyl (C=O) groups is 1. The van der Waals surface area contributed by atoms with Crippen molar-refractivity contribution in [3.8, 4) is 22.5 Å². The van der Waals surface area contributed by atoms with E-state index >= 15 is 0 Å². The molecule has 1 aromatic heterocycles. The van der Waals surface area contributed by atoms with Gasteiger partial charge in [0.2, 0.25) is 5.91 Å². The smallest absolute Gasteiger partial charge is 0.234 e. The Morgan fingerprint density at radius 3 is 2.41 bits per heavy atom. The molecule has 3 aromatic carbocycles. The van der Waals surface area contributed by atoms with E-state index in [9.17, 15) is 9.18 Å². The number of aromatic nitrogens is 3. The van der Waals surface area contributed by atoms with Crippen molar-refractivity contribution in [2.45, 2.75) is 11.7 Å². The standard InChI is InChI=1S/C25H21FN4OS/c1-2-16-30-24(20-13-6-8-14-21(20)26)28-29-25(30)32-17-23(31)27-22-15-9-7-12-19(22)18-10-4-3-5-11-18/h2-15H,1,16-17H2,(H,27,31). The first-order valence-electron chi connectivity index (χ1n) is 10.0. The van der Waals surface area contributed by atoms with E-state index in [0.29, 0.717) is 23.1 Å². The first-order valence-corrected chi connectivity index (χ1v) is 11.0. The second-order valence-corrected chi connectivity index (χ2v) is 7.88. The maximum atomic E-state index is 14.3. The highest BCUT2D eigenvalue weighted by molar-refractivity contribution is 7.99. The number of halogens is 1. The molecule has 32 heavy (non-hydrogen) atoms. The third kappa shape index (κ3) is 4.78. The number of anilines is 1. The van der Waals surface area contributed by atoms with Gasteiger partial charge in [0.05, 0.1) is 11.3 Å². The lowest BCUT2D eigenvalue weighted by molar-refractivity contribution is -0.113. The number of nitrogens with zero attached hydrogens (tertiary/aromatic N) is 3. The van der Waals surface area contributed by atoms with E-state index in [1.54, 1.807) is 28.8 Å². The van der Waals surface area contributed by atoms with E-state index in [4.69, 9.17) is 0 Å². The molecule has 1 heterocycles. The van der Waals surface area contributed by atoms with Crippen LogP contribution >= 0.6 is 11.8 Å². The second kappa shape index (κ2) is 10.1. The van der Waals surface area contributed by atoms with E-state index in [1.165, 1.54) is 17.8 Å². The molecule has 0 unspecified atom stereocenters. The van der Waals surface area contributed by atoms with Crippen molar-refractivity contribution in [1.29, 1.82) is 0 Å². The molecule has 160 valence electrons. The molecule has 0 radical (unpaired) electrons. The molecule has 0 saturated carbocycles. The van der Waals surface area contributed by atoms with Crippen LogP contribution in [0.2, 0.25) is 0 Å². The number of benzene rings is 3. The van der Waals surface area contributed by atoms with Crippen LogP contribution in [0, 0.1) is 5.82 Å². The van der Waals surface area contributed by atoms with Crippen molar-refractivity contribution in [1.82, 2.24) is 14.8 Å². The van der Waals surface area contributed by atoms with Crippen LogP contribution in [0.1, 0.15) is 0 Å². The topological polar surface area (TPSA) is 59.8 Å². The van der Waals surface area contributed by atoms with Crippen LogP contribution in [-0.2, 0) is 11.3 Å². The molecule has 0 aliphatic rings. The van der Waals surface area contributed by atoms with Crippen LogP contribution in [-0.4, -0.2) is 26.4 Å². The van der Waals surface area contributed by atoms with E-state index in [0.717, 1.165) is 16.8 Å². The van der Waals surface area contributed by atoms with Crippen molar-refractivity contribution in [2.24, 2.45) is 0 Å². The van der Waals surface area contributed by atoms with Gasteiger partial charge in [0.1, 0.15) is 5.82 Å². The first-order chi connectivity index (χ1) is 15.7. The van der Waals surface area contributed by atoms with E-state index in [1.807, 2.05) is 54.6 Å². The summed E-state index contributed by atoms with van der Waals surface area (Å²) in [6, 6.07) is 24.0. The number of rotatable bonds is 8. The number of thioether (sulfide) groups is 1. The fraction of sp³-hybridized carbons (Fsp3) is 0.0800. The maximum Gasteiger partial charge on any atom is 0.234 e. The predicted octanol–water partition coefficient (Wildman–Crippen LogP) is 5.67. The number of allylic oxidation sites excluding steroid dienone is 1. The molecule has 0 spiro atoms. The van der Waals surface area contributed by atoms with Crippen LogP contribution in [0.4, 0.5) is 10.1 Å². The zero-order valence-corrected chi connectivity index (χ0v) is 18.1. The third-order valence-electron chi connectivity index (χ3n) is 4.76. The number of carbonyl (C=O) groups excluding carboxylic acids is 1. The molecule has 0 aliphatic carbocycles. The Morgan fingerprint density at radius 2 is 1.66 bits per heavy atom. The minimum absolute atomic E-state index is 0.135. The second-order valence-electron chi connectivity index (χ2n) is 6.93. The summed E-state index contributed by atoms with van der Waals surface area (Å²) in [4.78, 5) is 12.7. The van der Waals surface area contributed by atoms with E-state index in [-0.39, 0.29) is 17.5 Å². The Hall–Kier alpha value is -3.71. The number of hydrogen-bond donors (Lipinski definition) is 1. The minimum atomic E-state index is -0.378. The summed E-state index contributed by atoms with van der Waals surface area (Å²) in [5, 5.41) is 11.8. The fourth-order valence-corrected chi connectivity index (χ4v) is 4.06. The third-order valence-corrected chi connectivity index (χ3v) is 5.73. The first kappa shape index (κ1) is 21.5. The number of amides is 1. The van der Waals surface area contributed by atoms with Gasteiger partial charge in [-0.05, 0) is 23.8 Å². The average Bonchev–Trinajstić information content (AvgIpc) is 3.21. The van der Waals surface area contributed by atoms with Gasteiger partial charge in [0, 0.05) is 17.8 Å². The molecule has 7 heteroatoms. The number of para-hydroxylation sites is 1. The lowest BCUT2D eigenvalue weighted by atomic mass is 10.0. The minimum Gasteiger partial charge on any atom is -0.325 e. The molecule has 1 amide bonds. The van der Waals surface area contributed by atoms with Crippen LogP contribution in [0.3, 0.4) is 0 Å². The lowest BCUT2D eigenvalue weighted by Crippen LogP contribution is -2.15. The van der Waals surface area contributed by atoms with Gasteiger partial charge < -0.3 is 5.32 Å². The highest BCUT2D eigenvalue weighted by atomic mass is 32.2. The molecular formula is C25H21FN4OS. The fourth-order valence-electron chi connectivity index (χ4n) is 3.31. The van der Waals surface area contributed by atoms with Crippen molar-refractivity contribution < 1.29 is 9.18 Å². The van der Waals surface area contributed by atoms with Gasteiger partial charge in [-0.1, -0.05) is 78.5 Å². The van der Waals surface area contributed by atoms with Crippen LogP contribution in [0.25, 0.3) is 22.5 Å². The molecule has 0 saturated heterocycles. The quantitative estimate of drug-likeness (QED) is 0.281. The summed E-state index contributed by atoms with van der Waals surface area (Å²) < 4.78 is 16.0. The zero-order chi connectivity index (χ0) is 22.3. The van der Waals surface area contributed by atoms with Gasteiger partial charge in [0.15, 0.2) is 11.0 Å². The zero-order valence-electron chi connectivity index (χ0n) is 17.2. The molecule has 5 nitrogen and oxygen atoms in total. The molecular weight excluding hydrogens is 423 g/mol. The largest absolute Gasteiger partial charge is 0.325 e. The Kier molecular flexibility index (Phi) is 6.77. The van der Waals surface area contributed by atoms with Crippen molar-refractivity contribution >= 4 is 23.4 Å². The molecule has 0 aliphatic heterocycles. The van der Waals surface area contributed by atoms with Crippen LogP contribution in [0.5, 0.6) is 0 Å². The lowest BCUT2D eigenvalue weighted by Gasteiger charge is -2.11. The molecule has 0 fully saturated rings. The Bertz CT molecular complexity index is 1240. The Balaban J connectivity index is 1.50. The van der Waals surface area contributed by atoms with E-state index in [2.05, 4.69) is 22.1 Å².